The van der Waals surface area contributed by atoms with Gasteiger partial charge in [0.25, 0.3) is 0 Å². The van der Waals surface area contributed by atoms with Gasteiger partial charge < -0.3 is 10.1 Å². The summed E-state index contributed by atoms with van der Waals surface area (Å²) in [4.78, 5) is 4.52. The number of nitrogens with zero attached hydrogens (tertiary/aromatic N) is 1. The molecule has 0 aromatic carbocycles. The summed E-state index contributed by atoms with van der Waals surface area (Å²) in [6.45, 7) is 4.59. The van der Waals surface area contributed by atoms with Crippen LogP contribution in [0, 0.1) is 0 Å². The molecule has 0 aliphatic rings. The van der Waals surface area contributed by atoms with Crippen molar-refractivity contribution in [1.82, 2.24) is 10.3 Å². The average molecular weight is 214 g/mol. The Balaban J connectivity index is 2.27. The van der Waals surface area contributed by atoms with E-state index < -0.39 is 0 Å². The Morgan fingerprint density at radius 3 is 3.07 bits per heavy atom. The number of hydrogen-bond donors (Lipinski definition) is 1. The molecule has 80 valence electrons. The summed E-state index contributed by atoms with van der Waals surface area (Å²) >= 11 is 1.73. The van der Waals surface area contributed by atoms with E-state index in [4.69, 9.17) is 4.74 Å². The Labute approximate surface area is 89.5 Å². The molecule has 1 heterocycles. The Kier molecular flexibility index (Phi) is 5.75. The standard InChI is InChI=1S/C10H18N2OS/c1-3-13-7-5-10-12-9(8-14-10)4-6-11-2/h8,11H,3-7H2,1-2H3. The zero-order valence-corrected chi connectivity index (χ0v) is 9.69. The van der Waals surface area contributed by atoms with Crippen LogP contribution in [0.1, 0.15) is 17.6 Å². The summed E-state index contributed by atoms with van der Waals surface area (Å²) < 4.78 is 5.28. The second kappa shape index (κ2) is 6.92. The van der Waals surface area contributed by atoms with Gasteiger partial charge in [0, 0.05) is 31.4 Å². The SMILES string of the molecule is CCOCCc1nc(CCNC)cs1. The normalized spacial score (nSPS) is 10.7. The van der Waals surface area contributed by atoms with Gasteiger partial charge in [-0.15, -0.1) is 11.3 Å². The largest absolute Gasteiger partial charge is 0.381 e. The first-order chi connectivity index (χ1) is 6.86. The second-order valence-corrected chi connectivity index (χ2v) is 3.98. The Morgan fingerprint density at radius 1 is 1.50 bits per heavy atom. The van der Waals surface area contributed by atoms with Crippen molar-refractivity contribution in [3.8, 4) is 0 Å². The number of aromatic nitrogens is 1. The molecule has 1 aromatic heterocycles. The van der Waals surface area contributed by atoms with Gasteiger partial charge in [0.05, 0.1) is 17.3 Å². The quantitative estimate of drug-likeness (QED) is 0.698. The molecule has 0 saturated carbocycles. The molecule has 0 saturated heterocycles. The molecule has 0 unspecified atom stereocenters. The Morgan fingerprint density at radius 2 is 2.36 bits per heavy atom. The lowest BCUT2D eigenvalue weighted by molar-refractivity contribution is 0.151. The van der Waals surface area contributed by atoms with Gasteiger partial charge in [-0.3, -0.25) is 0 Å². The van der Waals surface area contributed by atoms with Gasteiger partial charge in [-0.05, 0) is 14.0 Å². The lowest BCUT2D eigenvalue weighted by Crippen LogP contribution is -2.10. The van der Waals surface area contributed by atoms with Crippen LogP contribution in [0.4, 0.5) is 0 Å². The number of likely N-dealkylation sites (N-methyl/N-ethyl adjacent to an activating group) is 1. The van der Waals surface area contributed by atoms with Crippen molar-refractivity contribution >= 4 is 11.3 Å². The minimum atomic E-state index is 0.787. The maximum Gasteiger partial charge on any atom is 0.0951 e. The molecule has 0 radical (unpaired) electrons. The third-order valence-electron chi connectivity index (χ3n) is 1.89. The van der Waals surface area contributed by atoms with E-state index in [-0.39, 0.29) is 0 Å². The van der Waals surface area contributed by atoms with E-state index in [1.54, 1.807) is 11.3 Å². The Bertz CT molecular complexity index is 250. The lowest BCUT2D eigenvalue weighted by atomic mass is 10.3. The molecule has 1 rings (SSSR count). The van der Waals surface area contributed by atoms with Crippen LogP contribution in [-0.4, -0.2) is 31.8 Å². The molecule has 0 fully saturated rings. The van der Waals surface area contributed by atoms with E-state index in [1.165, 1.54) is 10.7 Å². The van der Waals surface area contributed by atoms with Gasteiger partial charge in [-0.25, -0.2) is 4.98 Å². The molecule has 0 spiro atoms. The van der Waals surface area contributed by atoms with Crippen molar-refractivity contribution < 1.29 is 4.74 Å². The summed E-state index contributed by atoms with van der Waals surface area (Å²) in [5, 5.41) is 6.44. The number of rotatable bonds is 7. The highest BCUT2D eigenvalue weighted by Crippen LogP contribution is 2.10. The highest BCUT2D eigenvalue weighted by atomic mass is 32.1. The topological polar surface area (TPSA) is 34.1 Å². The van der Waals surface area contributed by atoms with Crippen LogP contribution in [0.3, 0.4) is 0 Å². The van der Waals surface area contributed by atoms with Crippen molar-refractivity contribution in [3.05, 3.63) is 16.1 Å². The molecule has 0 aliphatic heterocycles. The predicted molar refractivity (Wildman–Crippen MR) is 59.9 cm³/mol. The zero-order chi connectivity index (χ0) is 10.2. The highest BCUT2D eigenvalue weighted by Gasteiger charge is 2.01. The van der Waals surface area contributed by atoms with Gasteiger partial charge in [0.1, 0.15) is 0 Å². The molecule has 1 N–H and O–H groups in total. The highest BCUT2D eigenvalue weighted by molar-refractivity contribution is 7.09. The predicted octanol–water partition coefficient (Wildman–Crippen LogP) is 1.48. The monoisotopic (exact) mass is 214 g/mol. The van der Waals surface area contributed by atoms with E-state index in [0.717, 1.165) is 32.6 Å². The summed E-state index contributed by atoms with van der Waals surface area (Å²) in [5.41, 5.74) is 1.19. The van der Waals surface area contributed by atoms with Crippen molar-refractivity contribution in [2.24, 2.45) is 0 Å². The molecule has 14 heavy (non-hydrogen) atoms. The molecule has 3 nitrogen and oxygen atoms in total. The summed E-state index contributed by atoms with van der Waals surface area (Å²) in [6, 6.07) is 0. The van der Waals surface area contributed by atoms with Crippen molar-refractivity contribution in [2.75, 3.05) is 26.8 Å². The Hall–Kier alpha value is -0.450. The molecule has 0 bridgehead atoms. The van der Waals surface area contributed by atoms with Crippen LogP contribution in [0.15, 0.2) is 5.38 Å². The van der Waals surface area contributed by atoms with E-state index >= 15 is 0 Å². The number of thiazole rings is 1. The van der Waals surface area contributed by atoms with Crippen LogP contribution in [-0.2, 0) is 17.6 Å². The second-order valence-electron chi connectivity index (χ2n) is 3.03. The van der Waals surface area contributed by atoms with Crippen LogP contribution >= 0.6 is 11.3 Å². The van der Waals surface area contributed by atoms with Gasteiger partial charge in [0.2, 0.25) is 0 Å². The lowest BCUT2D eigenvalue weighted by Gasteiger charge is -1.97. The minimum Gasteiger partial charge on any atom is -0.381 e. The van der Waals surface area contributed by atoms with E-state index in [2.05, 4.69) is 15.7 Å². The van der Waals surface area contributed by atoms with Crippen molar-refractivity contribution in [3.63, 3.8) is 0 Å². The number of hydrogen-bond acceptors (Lipinski definition) is 4. The fourth-order valence-corrected chi connectivity index (χ4v) is 1.95. The van der Waals surface area contributed by atoms with Gasteiger partial charge >= 0.3 is 0 Å². The first-order valence-corrected chi connectivity index (χ1v) is 5.90. The molecule has 4 heteroatoms. The molecule has 0 atom stereocenters. The molecular formula is C10H18N2OS. The summed E-state index contributed by atoms with van der Waals surface area (Å²) in [6.07, 6.45) is 1.96. The maximum atomic E-state index is 5.28. The fourth-order valence-electron chi connectivity index (χ4n) is 1.14. The maximum absolute atomic E-state index is 5.28. The van der Waals surface area contributed by atoms with Gasteiger partial charge in [0.15, 0.2) is 0 Å². The van der Waals surface area contributed by atoms with Crippen molar-refractivity contribution in [2.45, 2.75) is 19.8 Å². The molecule has 1 aromatic rings. The summed E-state index contributed by atoms with van der Waals surface area (Å²) in [5.74, 6) is 0. The van der Waals surface area contributed by atoms with Crippen LogP contribution < -0.4 is 5.32 Å². The first kappa shape index (κ1) is 11.6. The molecule has 0 aliphatic carbocycles. The summed E-state index contributed by atoms with van der Waals surface area (Å²) in [7, 11) is 1.96. The van der Waals surface area contributed by atoms with E-state index in [1.807, 2.05) is 14.0 Å². The molecule has 0 amide bonds. The van der Waals surface area contributed by atoms with Gasteiger partial charge in [-0.1, -0.05) is 0 Å². The van der Waals surface area contributed by atoms with Crippen LogP contribution in [0.5, 0.6) is 0 Å². The minimum absolute atomic E-state index is 0.787. The van der Waals surface area contributed by atoms with Gasteiger partial charge in [-0.2, -0.15) is 0 Å². The average Bonchev–Trinajstić information content (AvgIpc) is 2.63. The first-order valence-electron chi connectivity index (χ1n) is 5.02. The van der Waals surface area contributed by atoms with E-state index in [9.17, 15) is 0 Å². The third-order valence-corrected chi connectivity index (χ3v) is 2.85. The van der Waals surface area contributed by atoms with Crippen molar-refractivity contribution in [1.29, 1.82) is 0 Å². The number of ether oxygens (including phenoxy) is 1. The number of nitrogens with one attached hydrogen (secondary N) is 1. The van der Waals surface area contributed by atoms with Crippen LogP contribution in [0.25, 0.3) is 0 Å². The third kappa shape index (κ3) is 4.17. The zero-order valence-electron chi connectivity index (χ0n) is 8.88. The van der Waals surface area contributed by atoms with E-state index in [0.29, 0.717) is 0 Å². The molecular weight excluding hydrogens is 196 g/mol. The van der Waals surface area contributed by atoms with Crippen LogP contribution in [0.2, 0.25) is 0 Å². The fraction of sp³-hybridized carbons (Fsp3) is 0.700. The smallest absolute Gasteiger partial charge is 0.0951 e.